The maximum atomic E-state index is 11.4. The predicted octanol–water partition coefficient (Wildman–Crippen LogP) is 4.15. The monoisotopic (exact) mass is 355 g/mol. The summed E-state index contributed by atoms with van der Waals surface area (Å²) in [6, 6.07) is 0. The summed E-state index contributed by atoms with van der Waals surface area (Å²) >= 11 is 0. The fraction of sp³-hybridized carbons (Fsp3) is 0.900. The fourth-order valence-corrected chi connectivity index (χ4v) is 3.53. The molecular formula is C20H37NO4. The van der Waals surface area contributed by atoms with Crippen molar-refractivity contribution in [2.24, 2.45) is 11.8 Å². The van der Waals surface area contributed by atoms with E-state index in [4.69, 9.17) is 9.84 Å². The number of carbonyl (C=O) groups excluding carboxylic acids is 1. The highest BCUT2D eigenvalue weighted by molar-refractivity contribution is 5.93. The molecule has 5 nitrogen and oxygen atoms in total. The normalized spacial score (nSPS) is 24.7. The third-order valence-electron chi connectivity index (χ3n) is 5.35. The Bertz CT molecular complexity index is 413. The molecule has 1 saturated carbocycles. The molecule has 1 aliphatic heterocycles. The molecule has 146 valence electrons. The van der Waals surface area contributed by atoms with E-state index in [1.165, 1.54) is 38.6 Å². The number of ether oxygens (including phenoxy) is 1. The van der Waals surface area contributed by atoms with Crippen molar-refractivity contribution >= 4 is 11.9 Å². The molecule has 2 fully saturated rings. The lowest BCUT2D eigenvalue weighted by molar-refractivity contribution is -0.159. The third-order valence-corrected chi connectivity index (χ3v) is 5.35. The van der Waals surface area contributed by atoms with Crippen molar-refractivity contribution in [2.45, 2.75) is 90.5 Å². The summed E-state index contributed by atoms with van der Waals surface area (Å²) < 4.78 is 4.88. The first kappa shape index (κ1) is 21.9. The van der Waals surface area contributed by atoms with Gasteiger partial charge in [0.25, 0.3) is 0 Å². The van der Waals surface area contributed by atoms with Crippen molar-refractivity contribution < 1.29 is 19.4 Å². The Labute approximate surface area is 152 Å². The summed E-state index contributed by atoms with van der Waals surface area (Å²) in [5.41, 5.74) is 0.663. The Morgan fingerprint density at radius 2 is 1.84 bits per heavy atom. The Morgan fingerprint density at radius 3 is 2.32 bits per heavy atom. The first-order valence-corrected chi connectivity index (χ1v) is 10.1. The van der Waals surface area contributed by atoms with Crippen LogP contribution in [0.1, 0.15) is 85.0 Å². The number of aliphatic carboxylic acids is 1. The number of hydrogen-bond donors (Lipinski definition) is 2. The number of esters is 1. The van der Waals surface area contributed by atoms with Crippen molar-refractivity contribution in [1.82, 2.24) is 5.32 Å². The van der Waals surface area contributed by atoms with Gasteiger partial charge >= 0.3 is 11.9 Å². The van der Waals surface area contributed by atoms with E-state index in [9.17, 15) is 9.59 Å². The minimum atomic E-state index is -1.08. The Morgan fingerprint density at radius 1 is 1.16 bits per heavy atom. The van der Waals surface area contributed by atoms with E-state index in [1.807, 2.05) is 13.8 Å². The lowest BCUT2D eigenvalue weighted by Crippen LogP contribution is -2.27. The maximum absolute atomic E-state index is 11.4. The first-order chi connectivity index (χ1) is 12.0. The van der Waals surface area contributed by atoms with Gasteiger partial charge in [0.05, 0.1) is 6.61 Å². The summed E-state index contributed by atoms with van der Waals surface area (Å²) in [6.07, 6.45) is 10.8. The molecule has 0 bridgehead atoms. The van der Waals surface area contributed by atoms with E-state index < -0.39 is 17.9 Å². The standard InChI is InChI=1S/C11H20O4.C9H17N/c1-3-5-7-9(10(12)13)11(14)15-8-6-4-2;1-2-3-5-9-7-8(9)4-6-10-9/h9H,3-8H2,1-2H3,(H,12,13);8,10H,2-7H2,1H3. The summed E-state index contributed by atoms with van der Waals surface area (Å²) in [5.74, 6) is -1.59. The van der Waals surface area contributed by atoms with Gasteiger partial charge in [-0.1, -0.05) is 52.9 Å². The average molecular weight is 356 g/mol. The molecule has 0 amide bonds. The predicted molar refractivity (Wildman–Crippen MR) is 99.5 cm³/mol. The van der Waals surface area contributed by atoms with Crippen molar-refractivity contribution in [3.05, 3.63) is 0 Å². The summed E-state index contributed by atoms with van der Waals surface area (Å²) in [7, 11) is 0. The van der Waals surface area contributed by atoms with E-state index >= 15 is 0 Å². The van der Waals surface area contributed by atoms with Crippen LogP contribution in [-0.2, 0) is 14.3 Å². The highest BCUT2D eigenvalue weighted by Crippen LogP contribution is 2.52. The molecule has 1 heterocycles. The number of hydrogen-bond acceptors (Lipinski definition) is 4. The molecule has 1 aliphatic carbocycles. The maximum Gasteiger partial charge on any atom is 0.320 e. The van der Waals surface area contributed by atoms with Gasteiger partial charge in [0.15, 0.2) is 5.92 Å². The molecule has 2 aliphatic rings. The highest BCUT2D eigenvalue weighted by Gasteiger charge is 2.55. The zero-order valence-corrected chi connectivity index (χ0v) is 16.3. The average Bonchev–Trinajstić information content (AvgIpc) is 3.14. The second-order valence-corrected chi connectivity index (χ2v) is 7.43. The van der Waals surface area contributed by atoms with Gasteiger partial charge in [0.2, 0.25) is 0 Å². The summed E-state index contributed by atoms with van der Waals surface area (Å²) in [6.45, 7) is 7.84. The minimum Gasteiger partial charge on any atom is -0.481 e. The van der Waals surface area contributed by atoms with Crippen molar-refractivity contribution in [3.8, 4) is 0 Å². The van der Waals surface area contributed by atoms with Crippen molar-refractivity contribution in [2.75, 3.05) is 13.2 Å². The molecule has 25 heavy (non-hydrogen) atoms. The zero-order valence-electron chi connectivity index (χ0n) is 16.3. The number of nitrogens with one attached hydrogen (secondary N) is 1. The Kier molecular flexibility index (Phi) is 10.1. The largest absolute Gasteiger partial charge is 0.481 e. The van der Waals surface area contributed by atoms with Gasteiger partial charge < -0.3 is 15.2 Å². The summed E-state index contributed by atoms with van der Waals surface area (Å²) in [5, 5.41) is 12.5. The van der Waals surface area contributed by atoms with E-state index in [1.54, 1.807) is 0 Å². The molecule has 0 aromatic carbocycles. The van der Waals surface area contributed by atoms with E-state index in [0.717, 1.165) is 31.6 Å². The molecule has 0 aromatic heterocycles. The van der Waals surface area contributed by atoms with Crippen LogP contribution in [0.2, 0.25) is 0 Å². The summed E-state index contributed by atoms with van der Waals surface area (Å²) in [4.78, 5) is 22.1. The molecule has 2 rings (SSSR count). The molecule has 3 atom stereocenters. The van der Waals surface area contributed by atoms with E-state index in [0.29, 0.717) is 18.6 Å². The van der Waals surface area contributed by atoms with Crippen molar-refractivity contribution in [1.29, 1.82) is 0 Å². The van der Waals surface area contributed by atoms with Crippen molar-refractivity contribution in [3.63, 3.8) is 0 Å². The molecule has 5 heteroatoms. The number of unbranched alkanes of at least 4 members (excludes halogenated alkanes) is 3. The first-order valence-electron chi connectivity index (χ1n) is 10.1. The molecule has 0 radical (unpaired) electrons. The van der Waals surface area contributed by atoms with E-state index in [-0.39, 0.29) is 0 Å². The van der Waals surface area contributed by atoms with Crippen LogP contribution in [0.25, 0.3) is 0 Å². The SMILES string of the molecule is CCCCC12CC1CCN2.CCCCOC(=O)C(CCCC)C(=O)O. The Hall–Kier alpha value is -1.10. The number of carboxylic acid groups (broad SMARTS) is 1. The molecule has 1 saturated heterocycles. The van der Waals surface area contributed by atoms with Gasteiger partial charge in [-0.3, -0.25) is 9.59 Å². The van der Waals surface area contributed by atoms with Gasteiger partial charge in [-0.05, 0) is 44.6 Å². The smallest absolute Gasteiger partial charge is 0.320 e. The van der Waals surface area contributed by atoms with Crippen LogP contribution >= 0.6 is 0 Å². The zero-order chi connectivity index (χ0) is 18.7. The number of rotatable bonds is 11. The third kappa shape index (κ3) is 7.35. The second-order valence-electron chi connectivity index (χ2n) is 7.43. The molecular weight excluding hydrogens is 318 g/mol. The van der Waals surface area contributed by atoms with Crippen LogP contribution in [0.5, 0.6) is 0 Å². The lowest BCUT2D eigenvalue weighted by Gasteiger charge is -2.11. The van der Waals surface area contributed by atoms with Crippen LogP contribution in [-0.4, -0.2) is 35.7 Å². The minimum absolute atomic E-state index is 0.325. The van der Waals surface area contributed by atoms with Crippen LogP contribution in [0.15, 0.2) is 0 Å². The topological polar surface area (TPSA) is 75.6 Å². The highest BCUT2D eigenvalue weighted by atomic mass is 16.5. The number of piperidine rings is 1. The number of carboxylic acids is 1. The fourth-order valence-electron chi connectivity index (χ4n) is 3.53. The van der Waals surface area contributed by atoms with Crippen LogP contribution in [0.3, 0.4) is 0 Å². The van der Waals surface area contributed by atoms with Crippen LogP contribution in [0, 0.1) is 11.8 Å². The van der Waals surface area contributed by atoms with Gasteiger partial charge in [-0.2, -0.15) is 0 Å². The van der Waals surface area contributed by atoms with Crippen LogP contribution < -0.4 is 5.32 Å². The number of fused-ring (bicyclic) bond motifs is 1. The van der Waals surface area contributed by atoms with E-state index in [2.05, 4.69) is 12.2 Å². The van der Waals surface area contributed by atoms with Crippen LogP contribution in [0.4, 0.5) is 0 Å². The van der Waals surface area contributed by atoms with Gasteiger partial charge in [-0.25, -0.2) is 0 Å². The second kappa shape index (κ2) is 11.5. The lowest BCUT2D eigenvalue weighted by atomic mass is 10.0. The molecule has 0 spiro atoms. The number of carbonyl (C=O) groups is 2. The van der Waals surface area contributed by atoms with Gasteiger partial charge in [0.1, 0.15) is 0 Å². The molecule has 3 unspecified atom stereocenters. The molecule has 2 N–H and O–H groups in total. The molecule has 0 aromatic rings. The quantitative estimate of drug-likeness (QED) is 0.331. The Balaban J connectivity index is 0.000000267. The van der Waals surface area contributed by atoms with Gasteiger partial charge in [0, 0.05) is 5.54 Å². The van der Waals surface area contributed by atoms with Gasteiger partial charge in [-0.15, -0.1) is 0 Å².